The Balaban J connectivity index is 1.88. The van der Waals surface area contributed by atoms with Gasteiger partial charge < -0.3 is 5.11 Å². The van der Waals surface area contributed by atoms with Gasteiger partial charge in [-0.05, 0) is 48.5 Å². The van der Waals surface area contributed by atoms with Crippen molar-refractivity contribution in [1.82, 2.24) is 0 Å². The maximum Gasteiger partial charge on any atom is 0.303 e. The van der Waals surface area contributed by atoms with Crippen LogP contribution in [0.25, 0.3) is 0 Å². The van der Waals surface area contributed by atoms with Crippen molar-refractivity contribution < 1.29 is 9.90 Å². The number of carboxylic acid groups (broad SMARTS) is 1. The summed E-state index contributed by atoms with van der Waals surface area (Å²) in [5.41, 5.74) is 0.460. The Labute approximate surface area is 83.1 Å². The average molecular weight is 200 g/mol. The third-order valence-electron chi connectivity index (χ3n) is 3.49. The molecule has 2 fully saturated rings. The number of hydrogen-bond acceptors (Lipinski definition) is 2. The number of rotatable bonds is 2. The third kappa shape index (κ3) is 2.01. The number of thioether (sulfide) groups is 1. The molecule has 1 aliphatic carbocycles. The Bertz CT molecular complexity index is 207. The van der Waals surface area contributed by atoms with Gasteiger partial charge in [0, 0.05) is 6.42 Å². The topological polar surface area (TPSA) is 37.3 Å². The van der Waals surface area contributed by atoms with Crippen molar-refractivity contribution in [1.29, 1.82) is 0 Å². The zero-order valence-corrected chi connectivity index (χ0v) is 8.61. The number of aliphatic carboxylic acids is 1. The van der Waals surface area contributed by atoms with Gasteiger partial charge in [0.25, 0.3) is 0 Å². The molecule has 2 rings (SSSR count). The minimum absolute atomic E-state index is 0.407. The first kappa shape index (κ1) is 9.38. The Morgan fingerprint density at radius 1 is 1.46 bits per heavy atom. The lowest BCUT2D eigenvalue weighted by molar-refractivity contribution is -0.137. The first-order chi connectivity index (χ1) is 6.23. The molecule has 74 valence electrons. The van der Waals surface area contributed by atoms with E-state index >= 15 is 0 Å². The summed E-state index contributed by atoms with van der Waals surface area (Å²) in [6.07, 6.45) is 5.42. The normalized spacial score (nSPS) is 38.6. The predicted octanol–water partition coefficient (Wildman–Crippen LogP) is 2.38. The van der Waals surface area contributed by atoms with Gasteiger partial charge in [-0.15, -0.1) is 0 Å². The SMILES string of the molecule is O=C(O)CC1CC12CCCSCC2. The van der Waals surface area contributed by atoms with E-state index in [9.17, 15) is 4.79 Å². The number of carboxylic acids is 1. The summed E-state index contributed by atoms with van der Waals surface area (Å²) in [5.74, 6) is 2.42. The van der Waals surface area contributed by atoms with Crippen LogP contribution >= 0.6 is 11.8 Å². The van der Waals surface area contributed by atoms with Crippen LogP contribution in [0.3, 0.4) is 0 Å². The second-order valence-electron chi connectivity index (χ2n) is 4.33. The standard InChI is InChI=1S/C10H16O2S/c11-9(12)6-8-7-10(8)2-1-4-13-5-3-10/h8H,1-7H2,(H,11,12). The molecule has 2 unspecified atom stereocenters. The average Bonchev–Trinajstić information content (AvgIpc) is 2.76. The van der Waals surface area contributed by atoms with Crippen LogP contribution in [-0.4, -0.2) is 22.6 Å². The van der Waals surface area contributed by atoms with Crippen molar-refractivity contribution in [3.05, 3.63) is 0 Å². The summed E-state index contributed by atoms with van der Waals surface area (Å²) in [6, 6.07) is 0. The molecule has 0 aromatic heterocycles. The molecule has 0 amide bonds. The van der Waals surface area contributed by atoms with Crippen molar-refractivity contribution in [3.8, 4) is 0 Å². The van der Waals surface area contributed by atoms with Gasteiger partial charge >= 0.3 is 5.97 Å². The van der Waals surface area contributed by atoms with E-state index in [1.807, 2.05) is 11.8 Å². The van der Waals surface area contributed by atoms with Crippen LogP contribution in [0, 0.1) is 11.3 Å². The summed E-state index contributed by atoms with van der Waals surface area (Å²) in [5, 5.41) is 8.70. The van der Waals surface area contributed by atoms with Crippen LogP contribution in [0.15, 0.2) is 0 Å². The maximum absolute atomic E-state index is 10.6. The Hall–Kier alpha value is -0.180. The molecule has 1 heterocycles. The van der Waals surface area contributed by atoms with Gasteiger partial charge in [-0.3, -0.25) is 4.79 Å². The molecule has 0 radical (unpaired) electrons. The van der Waals surface area contributed by atoms with Crippen LogP contribution < -0.4 is 0 Å². The highest BCUT2D eigenvalue weighted by atomic mass is 32.2. The molecule has 0 bridgehead atoms. The molecular formula is C10H16O2S. The quantitative estimate of drug-likeness (QED) is 0.743. The lowest BCUT2D eigenvalue weighted by atomic mass is 9.93. The lowest BCUT2D eigenvalue weighted by Crippen LogP contribution is -2.07. The fraction of sp³-hybridized carbons (Fsp3) is 0.900. The number of hydrogen-bond donors (Lipinski definition) is 1. The molecule has 1 saturated heterocycles. The molecule has 13 heavy (non-hydrogen) atoms. The van der Waals surface area contributed by atoms with Gasteiger partial charge in [-0.1, -0.05) is 0 Å². The van der Waals surface area contributed by atoms with Crippen molar-refractivity contribution in [2.45, 2.75) is 32.1 Å². The second-order valence-corrected chi connectivity index (χ2v) is 5.55. The van der Waals surface area contributed by atoms with E-state index in [1.165, 1.54) is 37.2 Å². The van der Waals surface area contributed by atoms with Gasteiger partial charge in [0.15, 0.2) is 0 Å². The van der Waals surface area contributed by atoms with Crippen molar-refractivity contribution in [2.75, 3.05) is 11.5 Å². The van der Waals surface area contributed by atoms with Gasteiger partial charge in [0.1, 0.15) is 0 Å². The highest BCUT2D eigenvalue weighted by molar-refractivity contribution is 7.99. The van der Waals surface area contributed by atoms with Crippen LogP contribution in [-0.2, 0) is 4.79 Å². The van der Waals surface area contributed by atoms with Crippen molar-refractivity contribution >= 4 is 17.7 Å². The summed E-state index contributed by atoms with van der Waals surface area (Å²) in [7, 11) is 0. The fourth-order valence-electron chi connectivity index (χ4n) is 2.57. The molecule has 1 N–H and O–H groups in total. The molecule has 2 aliphatic rings. The smallest absolute Gasteiger partial charge is 0.303 e. The van der Waals surface area contributed by atoms with E-state index in [2.05, 4.69) is 0 Å². The zero-order valence-electron chi connectivity index (χ0n) is 7.79. The largest absolute Gasteiger partial charge is 0.481 e. The van der Waals surface area contributed by atoms with E-state index in [4.69, 9.17) is 5.11 Å². The summed E-state index contributed by atoms with van der Waals surface area (Å²) in [4.78, 5) is 10.6. The van der Waals surface area contributed by atoms with Gasteiger partial charge in [0.05, 0.1) is 0 Å². The van der Waals surface area contributed by atoms with Gasteiger partial charge in [-0.25, -0.2) is 0 Å². The van der Waals surface area contributed by atoms with Gasteiger partial charge in [-0.2, -0.15) is 11.8 Å². The monoisotopic (exact) mass is 200 g/mol. The predicted molar refractivity (Wildman–Crippen MR) is 54.0 cm³/mol. The zero-order chi connectivity index (χ0) is 9.31. The van der Waals surface area contributed by atoms with Crippen LogP contribution in [0.4, 0.5) is 0 Å². The van der Waals surface area contributed by atoms with E-state index in [0.717, 1.165) is 0 Å². The number of carbonyl (C=O) groups is 1. The lowest BCUT2D eigenvalue weighted by Gasteiger charge is -2.12. The first-order valence-corrected chi connectivity index (χ1v) is 6.18. The highest BCUT2D eigenvalue weighted by Gasteiger charge is 2.53. The Kier molecular flexibility index (Phi) is 2.54. The first-order valence-electron chi connectivity index (χ1n) is 5.02. The summed E-state index contributed by atoms with van der Waals surface area (Å²) >= 11 is 2.03. The maximum atomic E-state index is 10.6. The molecule has 1 saturated carbocycles. The van der Waals surface area contributed by atoms with Gasteiger partial charge in [0.2, 0.25) is 0 Å². The van der Waals surface area contributed by atoms with E-state index < -0.39 is 5.97 Å². The van der Waals surface area contributed by atoms with E-state index in [-0.39, 0.29) is 0 Å². The molecule has 1 spiro atoms. The fourth-order valence-corrected chi connectivity index (χ4v) is 3.68. The minimum atomic E-state index is -0.612. The van der Waals surface area contributed by atoms with Crippen LogP contribution in [0.2, 0.25) is 0 Å². The minimum Gasteiger partial charge on any atom is -0.481 e. The molecule has 2 atom stereocenters. The summed E-state index contributed by atoms with van der Waals surface area (Å²) in [6.45, 7) is 0. The van der Waals surface area contributed by atoms with E-state index in [1.54, 1.807) is 0 Å². The second kappa shape index (κ2) is 3.52. The molecule has 0 aromatic carbocycles. The van der Waals surface area contributed by atoms with Crippen LogP contribution in [0.1, 0.15) is 32.1 Å². The van der Waals surface area contributed by atoms with Crippen molar-refractivity contribution in [3.63, 3.8) is 0 Å². The Morgan fingerprint density at radius 3 is 3.08 bits per heavy atom. The molecule has 3 heteroatoms. The van der Waals surface area contributed by atoms with E-state index in [0.29, 0.717) is 17.8 Å². The highest BCUT2D eigenvalue weighted by Crippen LogP contribution is 2.61. The molecular weight excluding hydrogens is 184 g/mol. The molecule has 1 aliphatic heterocycles. The van der Waals surface area contributed by atoms with Crippen molar-refractivity contribution in [2.24, 2.45) is 11.3 Å². The Morgan fingerprint density at radius 2 is 2.31 bits per heavy atom. The third-order valence-corrected chi connectivity index (χ3v) is 4.56. The summed E-state index contributed by atoms with van der Waals surface area (Å²) < 4.78 is 0. The van der Waals surface area contributed by atoms with Crippen LogP contribution in [0.5, 0.6) is 0 Å². The molecule has 0 aromatic rings. The molecule has 2 nitrogen and oxygen atoms in total.